The molecule has 0 saturated heterocycles. The predicted molar refractivity (Wildman–Crippen MR) is 87.4 cm³/mol. The van der Waals surface area contributed by atoms with E-state index in [1.54, 1.807) is 10.7 Å². The van der Waals surface area contributed by atoms with Gasteiger partial charge in [0.1, 0.15) is 0 Å². The van der Waals surface area contributed by atoms with Crippen LogP contribution in [0.1, 0.15) is 5.56 Å². The lowest BCUT2D eigenvalue weighted by molar-refractivity contribution is 0.869. The van der Waals surface area contributed by atoms with Crippen LogP contribution in [0.4, 0.5) is 0 Å². The molecule has 0 saturated carbocycles. The first kappa shape index (κ1) is 13.9. The van der Waals surface area contributed by atoms with Gasteiger partial charge < -0.3 is 5.73 Å². The summed E-state index contributed by atoms with van der Waals surface area (Å²) in [5.41, 5.74) is 9.23. The SMILES string of the molecule is NCc1ccc(-n2[nH]c(=O)cc2-c2ccc(Br)cc2)cc1. The maximum Gasteiger partial charge on any atom is 0.265 e. The first-order valence-electron chi connectivity index (χ1n) is 6.55. The summed E-state index contributed by atoms with van der Waals surface area (Å²) in [5.74, 6) is 0. The van der Waals surface area contributed by atoms with Gasteiger partial charge in [-0.3, -0.25) is 14.6 Å². The van der Waals surface area contributed by atoms with Crippen LogP contribution in [0, 0.1) is 0 Å². The number of nitrogens with two attached hydrogens (primary N) is 1. The predicted octanol–water partition coefficient (Wildman–Crippen LogP) is 3.05. The molecule has 4 nitrogen and oxygen atoms in total. The highest BCUT2D eigenvalue weighted by Gasteiger charge is 2.09. The van der Waals surface area contributed by atoms with Gasteiger partial charge in [0.05, 0.1) is 11.4 Å². The number of benzene rings is 2. The Labute approximate surface area is 130 Å². The van der Waals surface area contributed by atoms with Crippen molar-refractivity contribution in [2.45, 2.75) is 6.54 Å². The molecule has 0 aliphatic carbocycles. The summed E-state index contributed by atoms with van der Waals surface area (Å²) in [6.07, 6.45) is 0. The van der Waals surface area contributed by atoms with Gasteiger partial charge in [0, 0.05) is 22.6 Å². The molecule has 21 heavy (non-hydrogen) atoms. The number of aromatic amines is 1. The third-order valence-electron chi connectivity index (χ3n) is 3.30. The molecule has 0 unspecified atom stereocenters. The Morgan fingerprint density at radius 2 is 1.71 bits per heavy atom. The molecule has 3 N–H and O–H groups in total. The van der Waals surface area contributed by atoms with E-state index in [-0.39, 0.29) is 5.56 Å². The minimum atomic E-state index is -0.129. The summed E-state index contributed by atoms with van der Waals surface area (Å²) in [6.45, 7) is 0.502. The summed E-state index contributed by atoms with van der Waals surface area (Å²) in [6, 6.07) is 17.2. The Morgan fingerprint density at radius 3 is 2.33 bits per heavy atom. The lowest BCUT2D eigenvalue weighted by Crippen LogP contribution is -2.04. The van der Waals surface area contributed by atoms with Gasteiger partial charge in [-0.25, -0.2) is 0 Å². The van der Waals surface area contributed by atoms with Crippen molar-refractivity contribution in [2.75, 3.05) is 0 Å². The molecule has 0 atom stereocenters. The van der Waals surface area contributed by atoms with E-state index in [0.717, 1.165) is 27.0 Å². The normalized spacial score (nSPS) is 10.8. The number of rotatable bonds is 3. The lowest BCUT2D eigenvalue weighted by Gasteiger charge is -2.09. The molecule has 0 spiro atoms. The summed E-state index contributed by atoms with van der Waals surface area (Å²) < 4.78 is 2.79. The molecule has 0 aliphatic rings. The van der Waals surface area contributed by atoms with Gasteiger partial charge in [-0.15, -0.1) is 0 Å². The topological polar surface area (TPSA) is 63.8 Å². The smallest absolute Gasteiger partial charge is 0.265 e. The largest absolute Gasteiger partial charge is 0.326 e. The molecule has 0 bridgehead atoms. The molecule has 3 aromatic rings. The fraction of sp³-hybridized carbons (Fsp3) is 0.0625. The van der Waals surface area contributed by atoms with Gasteiger partial charge in [-0.2, -0.15) is 0 Å². The number of H-pyrrole nitrogens is 1. The molecule has 0 aliphatic heterocycles. The minimum Gasteiger partial charge on any atom is -0.326 e. The van der Waals surface area contributed by atoms with Gasteiger partial charge in [0.25, 0.3) is 5.56 Å². The van der Waals surface area contributed by atoms with Crippen molar-refractivity contribution < 1.29 is 0 Å². The number of aromatic nitrogens is 2. The van der Waals surface area contributed by atoms with Crippen LogP contribution >= 0.6 is 15.9 Å². The Kier molecular flexibility index (Phi) is 3.77. The van der Waals surface area contributed by atoms with Crippen molar-refractivity contribution in [3.8, 4) is 16.9 Å². The zero-order valence-corrected chi connectivity index (χ0v) is 12.8. The third kappa shape index (κ3) is 2.84. The van der Waals surface area contributed by atoms with Crippen LogP contribution < -0.4 is 11.3 Å². The van der Waals surface area contributed by atoms with E-state index in [1.165, 1.54) is 0 Å². The molecule has 0 amide bonds. The van der Waals surface area contributed by atoms with Gasteiger partial charge in [0.2, 0.25) is 0 Å². The Balaban J connectivity index is 2.10. The van der Waals surface area contributed by atoms with Crippen LogP contribution in [0.15, 0.2) is 63.9 Å². The number of hydrogen-bond acceptors (Lipinski definition) is 2. The molecular weight excluding hydrogens is 330 g/mol. The van der Waals surface area contributed by atoms with Crippen molar-refractivity contribution in [3.63, 3.8) is 0 Å². The van der Waals surface area contributed by atoms with Crippen LogP contribution in [0.25, 0.3) is 16.9 Å². The van der Waals surface area contributed by atoms with Crippen LogP contribution in [-0.4, -0.2) is 9.78 Å². The molecular formula is C16H14BrN3O. The number of nitrogens with zero attached hydrogens (tertiary/aromatic N) is 1. The molecule has 2 aromatic carbocycles. The van der Waals surface area contributed by atoms with Crippen LogP contribution in [0.5, 0.6) is 0 Å². The van der Waals surface area contributed by atoms with Crippen molar-refractivity contribution >= 4 is 15.9 Å². The average Bonchev–Trinajstić information content (AvgIpc) is 2.90. The number of hydrogen-bond donors (Lipinski definition) is 2. The lowest BCUT2D eigenvalue weighted by atomic mass is 10.1. The summed E-state index contributed by atoms with van der Waals surface area (Å²) in [7, 11) is 0. The quantitative estimate of drug-likeness (QED) is 0.767. The van der Waals surface area contributed by atoms with Gasteiger partial charge in [0.15, 0.2) is 0 Å². The molecule has 0 radical (unpaired) electrons. The second-order valence-electron chi connectivity index (χ2n) is 4.72. The molecule has 1 heterocycles. The van der Waals surface area contributed by atoms with Gasteiger partial charge in [-0.1, -0.05) is 40.2 Å². The highest BCUT2D eigenvalue weighted by Crippen LogP contribution is 2.23. The standard InChI is InChI=1S/C16H14BrN3O/c17-13-5-3-12(4-6-13)15-9-16(21)19-20(15)14-7-1-11(10-18)2-8-14/h1-9H,10,18H2,(H,19,21). The maximum atomic E-state index is 11.7. The Bertz CT molecular complexity index is 801. The van der Waals surface area contributed by atoms with Gasteiger partial charge in [-0.05, 0) is 29.8 Å². The molecule has 1 aromatic heterocycles. The van der Waals surface area contributed by atoms with E-state index in [9.17, 15) is 4.79 Å². The van der Waals surface area contributed by atoms with Crippen LogP contribution in [-0.2, 0) is 6.54 Å². The fourth-order valence-electron chi connectivity index (χ4n) is 2.21. The minimum absolute atomic E-state index is 0.129. The van der Waals surface area contributed by atoms with Crippen molar-refractivity contribution in [3.05, 3.63) is 75.0 Å². The summed E-state index contributed by atoms with van der Waals surface area (Å²) in [4.78, 5) is 11.7. The van der Waals surface area contributed by atoms with E-state index < -0.39 is 0 Å². The molecule has 5 heteroatoms. The number of nitrogens with one attached hydrogen (secondary N) is 1. The molecule has 3 rings (SSSR count). The Morgan fingerprint density at radius 1 is 1.05 bits per heavy atom. The fourth-order valence-corrected chi connectivity index (χ4v) is 2.47. The van der Waals surface area contributed by atoms with E-state index in [0.29, 0.717) is 6.54 Å². The van der Waals surface area contributed by atoms with E-state index in [2.05, 4.69) is 21.0 Å². The zero-order valence-electron chi connectivity index (χ0n) is 11.2. The van der Waals surface area contributed by atoms with Crippen LogP contribution in [0.2, 0.25) is 0 Å². The molecule has 106 valence electrons. The zero-order chi connectivity index (χ0) is 14.8. The second-order valence-corrected chi connectivity index (χ2v) is 5.63. The highest BCUT2D eigenvalue weighted by molar-refractivity contribution is 9.10. The van der Waals surface area contributed by atoms with Crippen LogP contribution in [0.3, 0.4) is 0 Å². The van der Waals surface area contributed by atoms with E-state index >= 15 is 0 Å². The maximum absolute atomic E-state index is 11.7. The van der Waals surface area contributed by atoms with E-state index in [4.69, 9.17) is 5.73 Å². The molecule has 0 fully saturated rings. The first-order chi connectivity index (χ1) is 10.2. The second kappa shape index (κ2) is 5.71. The Hall–Kier alpha value is -2.11. The van der Waals surface area contributed by atoms with Crippen molar-refractivity contribution in [1.29, 1.82) is 0 Å². The summed E-state index contributed by atoms with van der Waals surface area (Å²) >= 11 is 3.41. The average molecular weight is 344 g/mol. The van der Waals surface area contributed by atoms with Crippen molar-refractivity contribution in [1.82, 2.24) is 9.78 Å². The first-order valence-corrected chi connectivity index (χ1v) is 7.34. The van der Waals surface area contributed by atoms with Gasteiger partial charge >= 0.3 is 0 Å². The monoisotopic (exact) mass is 343 g/mol. The summed E-state index contributed by atoms with van der Waals surface area (Å²) in [5, 5.41) is 2.83. The third-order valence-corrected chi connectivity index (χ3v) is 3.83. The van der Waals surface area contributed by atoms with Crippen molar-refractivity contribution in [2.24, 2.45) is 5.73 Å². The number of halogens is 1. The highest BCUT2D eigenvalue weighted by atomic mass is 79.9. The van der Waals surface area contributed by atoms with E-state index in [1.807, 2.05) is 48.5 Å².